The highest BCUT2D eigenvalue weighted by Gasteiger charge is 2.56. The molecule has 1 aliphatic heterocycles. The van der Waals surface area contributed by atoms with Gasteiger partial charge in [0.15, 0.2) is 0 Å². The number of rotatable bonds is 3. The highest BCUT2D eigenvalue weighted by Crippen LogP contribution is 2.56. The van der Waals surface area contributed by atoms with Crippen LogP contribution in [0, 0.1) is 23.7 Å². The topological polar surface area (TPSA) is 3.24 Å². The molecule has 2 atom stereocenters. The van der Waals surface area contributed by atoms with Crippen LogP contribution in [0.25, 0.3) is 0 Å². The third-order valence-electron chi connectivity index (χ3n) is 4.93. The van der Waals surface area contributed by atoms with Crippen molar-refractivity contribution in [2.45, 2.75) is 52.0 Å². The third-order valence-corrected chi connectivity index (χ3v) is 4.93. The number of nitrogens with zero attached hydrogens (tertiary/aromatic N) is 1. The van der Waals surface area contributed by atoms with Crippen LogP contribution < -0.4 is 0 Å². The molecule has 3 fully saturated rings. The van der Waals surface area contributed by atoms with E-state index < -0.39 is 0 Å². The fourth-order valence-electron chi connectivity index (χ4n) is 3.46. The van der Waals surface area contributed by atoms with Crippen molar-refractivity contribution in [3.63, 3.8) is 0 Å². The van der Waals surface area contributed by atoms with Gasteiger partial charge in [-0.2, -0.15) is 0 Å². The molecular weight excluding hydrogens is 182 g/mol. The first-order chi connectivity index (χ1) is 7.05. The van der Waals surface area contributed by atoms with Crippen LogP contribution in [-0.2, 0) is 0 Å². The molecule has 3 aliphatic rings. The molecule has 0 radical (unpaired) electrons. The molecule has 86 valence electrons. The molecule has 1 nitrogen and oxygen atoms in total. The van der Waals surface area contributed by atoms with Crippen molar-refractivity contribution in [2.24, 2.45) is 23.7 Å². The van der Waals surface area contributed by atoms with Gasteiger partial charge in [0.25, 0.3) is 0 Å². The van der Waals surface area contributed by atoms with Crippen molar-refractivity contribution in [3.05, 3.63) is 0 Å². The summed E-state index contributed by atoms with van der Waals surface area (Å²) in [4.78, 5) is 2.69. The first-order valence-electron chi connectivity index (χ1n) is 6.81. The second kappa shape index (κ2) is 3.23. The van der Waals surface area contributed by atoms with Crippen molar-refractivity contribution in [1.29, 1.82) is 0 Å². The lowest BCUT2D eigenvalue weighted by Crippen LogP contribution is -2.41. The Morgan fingerprint density at radius 3 is 2.07 bits per heavy atom. The van der Waals surface area contributed by atoms with Gasteiger partial charge in [0.2, 0.25) is 0 Å². The Kier molecular flexibility index (Phi) is 2.18. The predicted molar refractivity (Wildman–Crippen MR) is 63.8 cm³/mol. The van der Waals surface area contributed by atoms with Crippen molar-refractivity contribution >= 4 is 0 Å². The van der Waals surface area contributed by atoms with Gasteiger partial charge in [-0.05, 0) is 50.9 Å². The summed E-state index contributed by atoms with van der Waals surface area (Å²) in [6.07, 6.45) is 6.18. The Bertz CT molecular complexity index is 237. The first-order valence-corrected chi connectivity index (χ1v) is 6.81. The Labute approximate surface area is 94.2 Å². The van der Waals surface area contributed by atoms with Gasteiger partial charge in [-0.25, -0.2) is 0 Å². The summed E-state index contributed by atoms with van der Waals surface area (Å²) in [5.74, 6) is 4.44. The fraction of sp³-hybridized carbons (Fsp3) is 1.00. The maximum Gasteiger partial charge on any atom is 0.0125 e. The lowest BCUT2D eigenvalue weighted by molar-refractivity contribution is 0.145. The minimum Gasteiger partial charge on any atom is -0.298 e. The number of hydrogen-bond donors (Lipinski definition) is 0. The Balaban J connectivity index is 1.44. The van der Waals surface area contributed by atoms with Crippen LogP contribution in [0.3, 0.4) is 0 Å². The van der Waals surface area contributed by atoms with E-state index >= 15 is 0 Å². The molecule has 0 spiro atoms. The van der Waals surface area contributed by atoms with E-state index in [9.17, 15) is 0 Å². The average molecular weight is 207 g/mol. The molecule has 0 aromatic heterocycles. The molecule has 1 saturated heterocycles. The molecule has 15 heavy (non-hydrogen) atoms. The van der Waals surface area contributed by atoms with E-state index in [0.717, 1.165) is 23.7 Å². The molecule has 1 heteroatoms. The Hall–Kier alpha value is -0.0400. The lowest BCUT2D eigenvalue weighted by Gasteiger charge is -2.33. The average Bonchev–Trinajstić information content (AvgIpc) is 3.01. The molecule has 0 aromatic rings. The van der Waals surface area contributed by atoms with Crippen LogP contribution in [0.1, 0.15) is 46.5 Å². The normalized spacial score (nSPS) is 40.6. The first kappa shape index (κ1) is 10.1. The summed E-state index contributed by atoms with van der Waals surface area (Å²) < 4.78 is 0. The molecule has 0 bridgehead atoms. The van der Waals surface area contributed by atoms with E-state index in [0.29, 0.717) is 5.54 Å². The van der Waals surface area contributed by atoms with Gasteiger partial charge in [0, 0.05) is 18.6 Å². The molecule has 2 aliphatic carbocycles. The van der Waals surface area contributed by atoms with E-state index in [4.69, 9.17) is 0 Å². The molecular formula is C14H25N. The number of fused-ring (bicyclic) bond motifs is 1. The standard InChI is InChI=1S/C14H25N/c1-14(2,3)15-8-12-11(13(12)9-15)7-6-10-4-5-10/h10-13H,4-9H2,1-3H3. The highest BCUT2D eigenvalue weighted by atomic mass is 15.2. The summed E-state index contributed by atoms with van der Waals surface area (Å²) in [5, 5.41) is 0. The number of likely N-dealkylation sites (tertiary alicyclic amines) is 1. The van der Waals surface area contributed by atoms with E-state index in [1.807, 2.05) is 0 Å². The molecule has 0 N–H and O–H groups in total. The SMILES string of the molecule is CC(C)(C)N1CC2C(CCC3CC3)C2C1. The van der Waals surface area contributed by atoms with Crippen molar-refractivity contribution in [3.8, 4) is 0 Å². The summed E-state index contributed by atoms with van der Waals surface area (Å²) in [6.45, 7) is 9.86. The molecule has 2 unspecified atom stereocenters. The lowest BCUT2D eigenvalue weighted by atomic mass is 10.0. The molecule has 2 saturated carbocycles. The van der Waals surface area contributed by atoms with Gasteiger partial charge in [0.05, 0.1) is 0 Å². The minimum atomic E-state index is 0.411. The Morgan fingerprint density at radius 2 is 1.60 bits per heavy atom. The summed E-state index contributed by atoms with van der Waals surface area (Å²) in [6, 6.07) is 0. The van der Waals surface area contributed by atoms with E-state index in [-0.39, 0.29) is 0 Å². The Morgan fingerprint density at radius 1 is 1.00 bits per heavy atom. The molecule has 0 amide bonds. The summed E-state index contributed by atoms with van der Waals surface area (Å²) in [7, 11) is 0. The van der Waals surface area contributed by atoms with Crippen LogP contribution in [-0.4, -0.2) is 23.5 Å². The smallest absolute Gasteiger partial charge is 0.0125 e. The van der Waals surface area contributed by atoms with Crippen molar-refractivity contribution in [1.82, 2.24) is 4.90 Å². The fourth-order valence-corrected chi connectivity index (χ4v) is 3.46. The zero-order valence-electron chi connectivity index (χ0n) is 10.5. The zero-order valence-corrected chi connectivity index (χ0v) is 10.5. The van der Waals surface area contributed by atoms with E-state index in [2.05, 4.69) is 25.7 Å². The van der Waals surface area contributed by atoms with Crippen LogP contribution in [0.5, 0.6) is 0 Å². The quantitative estimate of drug-likeness (QED) is 0.687. The van der Waals surface area contributed by atoms with Gasteiger partial charge in [0.1, 0.15) is 0 Å². The van der Waals surface area contributed by atoms with E-state index in [1.54, 1.807) is 12.8 Å². The second-order valence-corrected chi connectivity index (χ2v) is 7.09. The molecule has 0 aromatic carbocycles. The van der Waals surface area contributed by atoms with Gasteiger partial charge >= 0.3 is 0 Å². The maximum atomic E-state index is 2.69. The number of hydrogen-bond acceptors (Lipinski definition) is 1. The third kappa shape index (κ3) is 1.95. The number of piperidine rings is 1. The highest BCUT2D eigenvalue weighted by molar-refractivity contribution is 5.07. The zero-order chi connectivity index (χ0) is 10.6. The van der Waals surface area contributed by atoms with Crippen LogP contribution >= 0.6 is 0 Å². The maximum absolute atomic E-state index is 2.69. The van der Waals surface area contributed by atoms with Gasteiger partial charge < -0.3 is 0 Å². The minimum absolute atomic E-state index is 0.411. The van der Waals surface area contributed by atoms with Gasteiger partial charge in [-0.1, -0.05) is 19.3 Å². The second-order valence-electron chi connectivity index (χ2n) is 7.09. The van der Waals surface area contributed by atoms with Crippen molar-refractivity contribution < 1.29 is 0 Å². The molecule has 3 rings (SSSR count). The van der Waals surface area contributed by atoms with Crippen LogP contribution in [0.15, 0.2) is 0 Å². The van der Waals surface area contributed by atoms with Gasteiger partial charge in [-0.15, -0.1) is 0 Å². The monoisotopic (exact) mass is 207 g/mol. The van der Waals surface area contributed by atoms with Crippen LogP contribution in [0.4, 0.5) is 0 Å². The molecule has 1 heterocycles. The van der Waals surface area contributed by atoms with Gasteiger partial charge in [-0.3, -0.25) is 4.90 Å². The summed E-state index contributed by atoms with van der Waals surface area (Å²) >= 11 is 0. The largest absolute Gasteiger partial charge is 0.298 e. The van der Waals surface area contributed by atoms with Crippen molar-refractivity contribution in [2.75, 3.05) is 13.1 Å². The van der Waals surface area contributed by atoms with Crippen LogP contribution in [0.2, 0.25) is 0 Å². The predicted octanol–water partition coefficient (Wildman–Crippen LogP) is 3.15. The summed E-state index contributed by atoms with van der Waals surface area (Å²) in [5.41, 5.74) is 0.411. The van der Waals surface area contributed by atoms with E-state index in [1.165, 1.54) is 25.9 Å².